The fraction of sp³-hybridized carbons (Fsp3) is 0.500. The van der Waals surface area contributed by atoms with E-state index < -0.39 is 0 Å². The van der Waals surface area contributed by atoms with Gasteiger partial charge < -0.3 is 14.5 Å². The summed E-state index contributed by atoms with van der Waals surface area (Å²) >= 11 is 9.04. The van der Waals surface area contributed by atoms with Gasteiger partial charge in [0.25, 0.3) is 0 Å². The highest BCUT2D eigenvalue weighted by atomic mass is 79.9. The van der Waals surface area contributed by atoms with Crippen LogP contribution in [0.4, 0.5) is 0 Å². The molecule has 1 aliphatic rings. The number of hydrogen-bond acceptors (Lipinski definition) is 2. The van der Waals surface area contributed by atoms with E-state index in [1.807, 2.05) is 6.07 Å². The van der Waals surface area contributed by atoms with E-state index in [4.69, 9.17) is 12.2 Å². The Balaban J connectivity index is 2.07. The highest BCUT2D eigenvalue weighted by Crippen LogP contribution is 2.38. The van der Waals surface area contributed by atoms with Crippen molar-refractivity contribution in [3.8, 4) is 0 Å². The molecule has 1 saturated carbocycles. The van der Waals surface area contributed by atoms with E-state index in [0.717, 1.165) is 21.3 Å². The van der Waals surface area contributed by atoms with E-state index in [1.54, 1.807) is 0 Å². The van der Waals surface area contributed by atoms with Gasteiger partial charge in [-0.3, -0.25) is 0 Å². The van der Waals surface area contributed by atoms with Gasteiger partial charge in [0, 0.05) is 16.6 Å². The van der Waals surface area contributed by atoms with Gasteiger partial charge in [-0.25, -0.2) is 0 Å². The molecule has 1 aromatic heterocycles. The van der Waals surface area contributed by atoms with E-state index >= 15 is 0 Å². The summed E-state index contributed by atoms with van der Waals surface area (Å²) < 4.78 is 4.16. The first-order valence-electron chi connectivity index (χ1n) is 6.57. The van der Waals surface area contributed by atoms with Crippen LogP contribution in [0.5, 0.6) is 0 Å². The molecule has 3 nitrogen and oxygen atoms in total. The standard InChI is InChI=1S/C14H18BrN3S/c1-17(2)14(6-3-7-14)9-18-12-8-10(15)4-5-11(12)16-13(18)19/h4-5,8H,3,6-7,9H2,1-2H3,(H,16,19). The number of hydrogen-bond donors (Lipinski definition) is 1. The lowest BCUT2D eigenvalue weighted by Gasteiger charge is -2.47. The minimum absolute atomic E-state index is 0.273. The maximum atomic E-state index is 5.50. The highest BCUT2D eigenvalue weighted by Gasteiger charge is 2.39. The predicted octanol–water partition coefficient (Wildman–Crippen LogP) is 3.95. The molecule has 1 N–H and O–H groups in total. The number of nitrogens with one attached hydrogen (secondary N) is 1. The quantitative estimate of drug-likeness (QED) is 0.856. The van der Waals surface area contributed by atoms with Crippen LogP contribution in [0, 0.1) is 4.77 Å². The molecule has 0 bridgehead atoms. The average molecular weight is 340 g/mol. The molecule has 0 radical (unpaired) electrons. The monoisotopic (exact) mass is 339 g/mol. The lowest BCUT2D eigenvalue weighted by atomic mass is 9.75. The normalized spacial score (nSPS) is 17.9. The molecule has 0 saturated heterocycles. The van der Waals surface area contributed by atoms with Gasteiger partial charge in [-0.15, -0.1) is 0 Å². The molecule has 0 atom stereocenters. The van der Waals surface area contributed by atoms with E-state index in [9.17, 15) is 0 Å². The number of rotatable bonds is 3. The fourth-order valence-electron chi connectivity index (χ4n) is 2.91. The molecule has 3 rings (SSSR count). The van der Waals surface area contributed by atoms with E-state index in [0.29, 0.717) is 0 Å². The fourth-order valence-corrected chi connectivity index (χ4v) is 3.53. The van der Waals surface area contributed by atoms with Crippen LogP contribution >= 0.6 is 28.1 Å². The van der Waals surface area contributed by atoms with Crippen LogP contribution in [0.25, 0.3) is 11.0 Å². The van der Waals surface area contributed by atoms with Gasteiger partial charge in [-0.1, -0.05) is 15.9 Å². The Kier molecular flexibility index (Phi) is 3.31. The first-order valence-corrected chi connectivity index (χ1v) is 7.77. The number of benzene rings is 1. The predicted molar refractivity (Wildman–Crippen MR) is 85.1 cm³/mol. The first-order chi connectivity index (χ1) is 9.02. The van der Waals surface area contributed by atoms with Crippen LogP contribution in [0.3, 0.4) is 0 Å². The van der Waals surface area contributed by atoms with Crippen molar-refractivity contribution in [2.75, 3.05) is 14.1 Å². The molecule has 19 heavy (non-hydrogen) atoms. The van der Waals surface area contributed by atoms with Crippen molar-refractivity contribution >= 4 is 39.2 Å². The second-order valence-electron chi connectivity index (χ2n) is 5.65. The zero-order valence-corrected chi connectivity index (χ0v) is 13.6. The van der Waals surface area contributed by atoms with E-state index in [1.165, 1.54) is 24.8 Å². The summed E-state index contributed by atoms with van der Waals surface area (Å²) in [7, 11) is 4.35. The molecule has 102 valence electrons. The Hall–Kier alpha value is -0.650. The molecule has 0 spiro atoms. The minimum atomic E-state index is 0.273. The van der Waals surface area contributed by atoms with Crippen LogP contribution in [0.15, 0.2) is 22.7 Å². The second-order valence-corrected chi connectivity index (χ2v) is 6.95. The van der Waals surface area contributed by atoms with Crippen LogP contribution in [-0.4, -0.2) is 34.1 Å². The molecule has 1 heterocycles. The third-order valence-electron chi connectivity index (χ3n) is 4.42. The van der Waals surface area contributed by atoms with Crippen molar-refractivity contribution in [2.24, 2.45) is 0 Å². The number of fused-ring (bicyclic) bond motifs is 1. The Bertz CT molecular complexity index is 667. The van der Waals surface area contributed by atoms with Crippen molar-refractivity contribution < 1.29 is 0 Å². The summed E-state index contributed by atoms with van der Waals surface area (Å²) in [6.45, 7) is 0.968. The Morgan fingerprint density at radius 2 is 2.16 bits per heavy atom. The van der Waals surface area contributed by atoms with Crippen molar-refractivity contribution in [3.05, 3.63) is 27.4 Å². The SMILES string of the molecule is CN(C)C1(Cn2c(=S)[nH]c3ccc(Br)cc32)CCC1. The van der Waals surface area contributed by atoms with Gasteiger partial charge in [0.15, 0.2) is 4.77 Å². The topological polar surface area (TPSA) is 24.0 Å². The summed E-state index contributed by atoms with van der Waals surface area (Å²) in [4.78, 5) is 5.66. The van der Waals surface area contributed by atoms with Crippen LogP contribution in [-0.2, 0) is 6.54 Å². The van der Waals surface area contributed by atoms with Gasteiger partial charge in [-0.2, -0.15) is 0 Å². The van der Waals surface area contributed by atoms with Crippen molar-refractivity contribution in [3.63, 3.8) is 0 Å². The second kappa shape index (κ2) is 4.72. The summed E-state index contributed by atoms with van der Waals surface area (Å²) in [5.74, 6) is 0. The minimum Gasteiger partial charge on any atom is -0.331 e. The summed E-state index contributed by atoms with van der Waals surface area (Å²) in [5, 5.41) is 0. The zero-order valence-electron chi connectivity index (χ0n) is 11.2. The third kappa shape index (κ3) is 2.18. The number of H-pyrrole nitrogens is 1. The molecule has 1 fully saturated rings. The van der Waals surface area contributed by atoms with E-state index in [2.05, 4.69) is 56.6 Å². The largest absolute Gasteiger partial charge is 0.331 e. The maximum absolute atomic E-state index is 5.50. The van der Waals surface area contributed by atoms with Crippen molar-refractivity contribution in [2.45, 2.75) is 31.3 Å². The summed E-state index contributed by atoms with van der Waals surface area (Å²) in [5.41, 5.74) is 2.57. The molecule has 0 aliphatic heterocycles. The van der Waals surface area contributed by atoms with Crippen LogP contribution in [0.2, 0.25) is 0 Å². The van der Waals surface area contributed by atoms with Gasteiger partial charge in [0.2, 0.25) is 0 Å². The number of imidazole rings is 1. The van der Waals surface area contributed by atoms with Gasteiger partial charge >= 0.3 is 0 Å². The molecule has 2 aromatic rings. The zero-order chi connectivity index (χ0) is 13.6. The Labute approximate surface area is 126 Å². The third-order valence-corrected chi connectivity index (χ3v) is 5.24. The first kappa shape index (κ1) is 13.3. The van der Waals surface area contributed by atoms with Gasteiger partial charge in [0.1, 0.15) is 0 Å². The smallest absolute Gasteiger partial charge is 0.178 e. The van der Waals surface area contributed by atoms with Crippen LogP contribution in [0.1, 0.15) is 19.3 Å². The van der Waals surface area contributed by atoms with Crippen molar-refractivity contribution in [1.82, 2.24) is 14.5 Å². The Morgan fingerprint density at radius 1 is 1.42 bits per heavy atom. The lowest BCUT2D eigenvalue weighted by Crippen LogP contribution is -2.53. The number of nitrogens with zero attached hydrogens (tertiary/aromatic N) is 2. The molecule has 1 aromatic carbocycles. The van der Waals surface area contributed by atoms with Gasteiger partial charge in [-0.05, 0) is 63.8 Å². The molecule has 0 amide bonds. The molecular weight excluding hydrogens is 322 g/mol. The summed E-state index contributed by atoms with van der Waals surface area (Å²) in [6.07, 6.45) is 3.82. The lowest BCUT2D eigenvalue weighted by molar-refractivity contribution is 0.0431. The van der Waals surface area contributed by atoms with E-state index in [-0.39, 0.29) is 5.54 Å². The number of likely N-dealkylation sites (N-methyl/N-ethyl adjacent to an activating group) is 1. The molecule has 1 aliphatic carbocycles. The summed E-state index contributed by atoms with van der Waals surface area (Å²) in [6, 6.07) is 6.27. The van der Waals surface area contributed by atoms with Crippen LogP contribution < -0.4 is 0 Å². The average Bonchev–Trinajstić information content (AvgIpc) is 2.59. The van der Waals surface area contributed by atoms with Gasteiger partial charge in [0.05, 0.1) is 11.0 Å². The highest BCUT2D eigenvalue weighted by molar-refractivity contribution is 9.10. The Morgan fingerprint density at radius 3 is 2.74 bits per heavy atom. The number of halogens is 1. The maximum Gasteiger partial charge on any atom is 0.178 e. The number of aromatic nitrogens is 2. The molecular formula is C14H18BrN3S. The molecule has 5 heteroatoms. The molecule has 0 unspecified atom stereocenters. The van der Waals surface area contributed by atoms with Crippen molar-refractivity contribution in [1.29, 1.82) is 0 Å². The number of aromatic amines is 1.